The molecule has 2 heterocycles. The van der Waals surface area contributed by atoms with Gasteiger partial charge in [0.25, 0.3) is 0 Å². The molecule has 2 N–H and O–H groups in total. The number of thiol groups is 1. The highest BCUT2D eigenvalue weighted by atomic mass is 32.1. The van der Waals surface area contributed by atoms with Gasteiger partial charge in [-0.3, -0.25) is 4.79 Å². The number of benzene rings is 1. The Hall–Kier alpha value is -1.92. The number of amides is 1. The summed E-state index contributed by atoms with van der Waals surface area (Å²) in [5.74, 6) is -0.141. The molecule has 0 aliphatic carbocycles. The highest BCUT2D eigenvalue weighted by Crippen LogP contribution is 2.27. The van der Waals surface area contributed by atoms with Crippen LogP contribution in [0.5, 0.6) is 0 Å². The van der Waals surface area contributed by atoms with Crippen molar-refractivity contribution in [2.45, 2.75) is 5.50 Å². The summed E-state index contributed by atoms with van der Waals surface area (Å²) >= 11 is 4.44. The summed E-state index contributed by atoms with van der Waals surface area (Å²) in [6, 6.07) is 10.1. The first-order valence-corrected chi connectivity index (χ1v) is 7.24. The molecule has 2 aromatic rings. The molecule has 0 fully saturated rings. The summed E-state index contributed by atoms with van der Waals surface area (Å²) in [6.45, 7) is 1.21. The molecular formula is C15H17N3O2S. The van der Waals surface area contributed by atoms with Crippen LogP contribution >= 0.6 is 12.6 Å². The number of hydrogen-bond donors (Lipinski definition) is 3. The topological polar surface area (TPSA) is 57.4 Å². The first kappa shape index (κ1) is 14.0. The molecule has 1 aromatic carbocycles. The monoisotopic (exact) mass is 303 g/mol. The van der Waals surface area contributed by atoms with Crippen LogP contribution in [-0.2, 0) is 9.53 Å². The van der Waals surface area contributed by atoms with Crippen molar-refractivity contribution in [2.75, 3.05) is 20.3 Å². The lowest BCUT2D eigenvalue weighted by molar-refractivity contribution is -0.117. The Morgan fingerprint density at radius 1 is 1.38 bits per heavy atom. The minimum Gasteiger partial charge on any atom is -0.383 e. The van der Waals surface area contributed by atoms with E-state index in [0.717, 1.165) is 22.3 Å². The van der Waals surface area contributed by atoms with Gasteiger partial charge in [0.1, 0.15) is 5.50 Å². The van der Waals surface area contributed by atoms with Crippen LogP contribution in [0.25, 0.3) is 16.6 Å². The molecule has 0 saturated heterocycles. The van der Waals surface area contributed by atoms with Crippen molar-refractivity contribution in [3.05, 3.63) is 42.1 Å². The normalized spacial score (nSPS) is 18.8. The van der Waals surface area contributed by atoms with Crippen molar-refractivity contribution < 1.29 is 9.53 Å². The van der Waals surface area contributed by atoms with E-state index in [2.05, 4.69) is 22.9 Å². The highest BCUT2D eigenvalue weighted by Gasteiger charge is 2.26. The predicted molar refractivity (Wildman–Crippen MR) is 85.8 cm³/mol. The van der Waals surface area contributed by atoms with Crippen LogP contribution in [0.3, 0.4) is 0 Å². The van der Waals surface area contributed by atoms with E-state index in [1.54, 1.807) is 13.2 Å². The van der Waals surface area contributed by atoms with Crippen LogP contribution in [0.1, 0.15) is 5.69 Å². The molecule has 1 amide bonds. The van der Waals surface area contributed by atoms with E-state index in [4.69, 9.17) is 4.74 Å². The Morgan fingerprint density at radius 2 is 2.19 bits per heavy atom. The number of nitrogens with zero attached hydrogens (tertiary/aromatic N) is 1. The Morgan fingerprint density at radius 3 is 2.95 bits per heavy atom. The van der Waals surface area contributed by atoms with Gasteiger partial charge in [0, 0.05) is 30.6 Å². The van der Waals surface area contributed by atoms with Crippen LogP contribution < -0.4 is 5.32 Å². The molecule has 1 aliphatic heterocycles. The summed E-state index contributed by atoms with van der Waals surface area (Å²) in [4.78, 5) is 17.1. The third-order valence-corrected chi connectivity index (χ3v) is 3.89. The van der Waals surface area contributed by atoms with Crippen molar-refractivity contribution in [3.8, 4) is 0 Å². The number of carbonyl (C=O) groups excluding carboxylic acids is 1. The van der Waals surface area contributed by atoms with Gasteiger partial charge in [-0.15, -0.1) is 12.6 Å². The molecule has 3 rings (SSSR count). The number of hydrogen-bond acceptors (Lipinski definition) is 4. The molecule has 1 unspecified atom stereocenters. The Labute approximate surface area is 128 Å². The average molecular weight is 303 g/mol. The number of ether oxygens (including phenoxy) is 1. The SMILES string of the molecule is COCCN1C(c2cc3ccccc3[nH]2)=CC(=O)NC1S. The second-order valence-corrected chi connectivity index (χ2v) is 5.36. The minimum atomic E-state index is -0.362. The highest BCUT2D eigenvalue weighted by molar-refractivity contribution is 7.80. The van der Waals surface area contributed by atoms with Crippen molar-refractivity contribution in [3.63, 3.8) is 0 Å². The molecule has 5 nitrogen and oxygen atoms in total. The average Bonchev–Trinajstić information content (AvgIpc) is 2.89. The van der Waals surface area contributed by atoms with Crippen molar-refractivity contribution in [2.24, 2.45) is 0 Å². The fourth-order valence-electron chi connectivity index (χ4n) is 2.46. The van der Waals surface area contributed by atoms with Crippen molar-refractivity contribution >= 4 is 35.1 Å². The number of methoxy groups -OCH3 is 1. The lowest BCUT2D eigenvalue weighted by Crippen LogP contribution is -2.48. The fraction of sp³-hybridized carbons (Fsp3) is 0.267. The lowest BCUT2D eigenvalue weighted by atomic mass is 10.2. The number of para-hydroxylation sites is 1. The molecule has 1 aromatic heterocycles. The van der Waals surface area contributed by atoms with Gasteiger partial charge in [0.2, 0.25) is 5.91 Å². The number of carbonyl (C=O) groups is 1. The van der Waals surface area contributed by atoms with Crippen LogP contribution in [-0.4, -0.2) is 41.6 Å². The fourth-order valence-corrected chi connectivity index (χ4v) is 2.83. The molecule has 0 saturated carbocycles. The van der Waals surface area contributed by atoms with Crippen LogP contribution in [0.15, 0.2) is 36.4 Å². The summed E-state index contributed by atoms with van der Waals surface area (Å²) < 4.78 is 5.14. The van der Waals surface area contributed by atoms with Crippen LogP contribution in [0, 0.1) is 0 Å². The van der Waals surface area contributed by atoms with E-state index in [1.807, 2.05) is 35.2 Å². The lowest BCUT2D eigenvalue weighted by Gasteiger charge is -2.35. The number of aromatic nitrogens is 1. The van der Waals surface area contributed by atoms with E-state index >= 15 is 0 Å². The molecule has 21 heavy (non-hydrogen) atoms. The molecule has 0 bridgehead atoms. The van der Waals surface area contributed by atoms with Gasteiger partial charge in [-0.1, -0.05) is 18.2 Å². The van der Waals surface area contributed by atoms with E-state index in [1.165, 1.54) is 0 Å². The Kier molecular flexibility index (Phi) is 3.90. The number of fused-ring (bicyclic) bond motifs is 1. The van der Waals surface area contributed by atoms with Gasteiger partial charge in [0.15, 0.2) is 0 Å². The first-order valence-electron chi connectivity index (χ1n) is 6.73. The zero-order chi connectivity index (χ0) is 14.8. The second-order valence-electron chi connectivity index (χ2n) is 4.87. The molecule has 0 radical (unpaired) electrons. The molecule has 0 spiro atoms. The molecule has 6 heteroatoms. The Balaban J connectivity index is 2.00. The van der Waals surface area contributed by atoms with Gasteiger partial charge in [-0.25, -0.2) is 0 Å². The number of nitrogens with one attached hydrogen (secondary N) is 2. The van der Waals surface area contributed by atoms with Gasteiger partial charge in [-0.05, 0) is 12.1 Å². The maximum Gasteiger partial charge on any atom is 0.248 e. The number of H-pyrrole nitrogens is 1. The maximum absolute atomic E-state index is 11.8. The van der Waals surface area contributed by atoms with E-state index in [9.17, 15) is 4.79 Å². The van der Waals surface area contributed by atoms with Gasteiger partial charge in [-0.2, -0.15) is 0 Å². The van der Waals surface area contributed by atoms with Crippen LogP contribution in [0.2, 0.25) is 0 Å². The molecule has 1 atom stereocenters. The smallest absolute Gasteiger partial charge is 0.248 e. The minimum absolute atomic E-state index is 0.141. The van der Waals surface area contributed by atoms with Gasteiger partial charge < -0.3 is 19.9 Å². The third-order valence-electron chi connectivity index (χ3n) is 3.49. The second kappa shape index (κ2) is 5.83. The van der Waals surface area contributed by atoms with Crippen molar-refractivity contribution in [1.82, 2.24) is 15.2 Å². The van der Waals surface area contributed by atoms with E-state index in [0.29, 0.717) is 13.2 Å². The quantitative estimate of drug-likeness (QED) is 0.755. The standard InChI is InChI=1S/C15H17N3O2S/c1-20-7-6-18-13(9-14(19)17-15(18)21)12-8-10-4-2-3-5-11(10)16-12/h2-5,8-9,15-16,21H,6-7H2,1H3,(H,17,19). The summed E-state index contributed by atoms with van der Waals surface area (Å²) in [6.07, 6.45) is 1.59. The summed E-state index contributed by atoms with van der Waals surface area (Å²) in [7, 11) is 1.66. The van der Waals surface area contributed by atoms with Crippen molar-refractivity contribution in [1.29, 1.82) is 0 Å². The van der Waals surface area contributed by atoms with Gasteiger partial charge >= 0.3 is 0 Å². The Bertz CT molecular complexity index is 662. The molecular weight excluding hydrogens is 286 g/mol. The largest absolute Gasteiger partial charge is 0.383 e. The zero-order valence-corrected chi connectivity index (χ0v) is 12.6. The third kappa shape index (κ3) is 2.77. The first-order chi connectivity index (χ1) is 10.2. The number of aromatic amines is 1. The zero-order valence-electron chi connectivity index (χ0n) is 11.7. The summed E-state index contributed by atoms with van der Waals surface area (Å²) in [5, 5.41) is 3.89. The van der Waals surface area contributed by atoms with Crippen LogP contribution in [0.4, 0.5) is 0 Å². The van der Waals surface area contributed by atoms with Gasteiger partial charge in [0.05, 0.1) is 18.0 Å². The van der Waals surface area contributed by atoms with E-state index in [-0.39, 0.29) is 11.4 Å². The van der Waals surface area contributed by atoms with E-state index < -0.39 is 0 Å². The summed E-state index contributed by atoms with van der Waals surface area (Å²) in [5.41, 5.74) is 2.41. The number of rotatable bonds is 4. The predicted octanol–water partition coefficient (Wildman–Crippen LogP) is 1.80. The maximum atomic E-state index is 11.8. The molecule has 1 aliphatic rings. The molecule has 110 valence electrons.